The first-order valence-corrected chi connectivity index (χ1v) is 11.2. The van der Waals surface area contributed by atoms with E-state index in [1.807, 2.05) is 39.0 Å². The van der Waals surface area contributed by atoms with Crippen molar-refractivity contribution in [2.45, 2.75) is 38.5 Å². The zero-order valence-corrected chi connectivity index (χ0v) is 18.2. The predicted molar refractivity (Wildman–Crippen MR) is 114 cm³/mol. The summed E-state index contributed by atoms with van der Waals surface area (Å²) >= 11 is 0. The minimum Gasteiger partial charge on any atom is -0.496 e. The molecule has 7 heteroatoms. The summed E-state index contributed by atoms with van der Waals surface area (Å²) in [6, 6.07) is 10.7. The highest BCUT2D eigenvalue weighted by atomic mass is 32.2. The number of rotatable bonds is 5. The maximum atomic E-state index is 13.1. The molecule has 2 aromatic carbocycles. The summed E-state index contributed by atoms with van der Waals surface area (Å²) in [7, 11) is -2.11. The number of nitrogens with zero attached hydrogens (tertiary/aromatic N) is 1. The Morgan fingerprint density at radius 1 is 1.10 bits per heavy atom. The Bertz CT molecular complexity index is 1020. The van der Waals surface area contributed by atoms with E-state index in [-0.39, 0.29) is 23.3 Å². The number of ether oxygens (including phenoxy) is 1. The molecule has 0 bridgehead atoms. The number of anilines is 1. The lowest BCUT2D eigenvalue weighted by Gasteiger charge is -2.31. The second-order valence-corrected chi connectivity index (χ2v) is 9.58. The molecule has 3 rings (SSSR count). The van der Waals surface area contributed by atoms with Crippen LogP contribution in [0.2, 0.25) is 0 Å². The van der Waals surface area contributed by atoms with Crippen LogP contribution in [0.25, 0.3) is 0 Å². The third kappa shape index (κ3) is 4.62. The van der Waals surface area contributed by atoms with Crippen molar-refractivity contribution in [3.63, 3.8) is 0 Å². The smallest absolute Gasteiger partial charge is 0.243 e. The van der Waals surface area contributed by atoms with E-state index in [9.17, 15) is 13.2 Å². The lowest BCUT2D eigenvalue weighted by Crippen LogP contribution is -2.43. The Morgan fingerprint density at radius 3 is 2.52 bits per heavy atom. The molecule has 0 aromatic heterocycles. The lowest BCUT2D eigenvalue weighted by atomic mass is 9.98. The molecule has 1 atom stereocenters. The Labute approximate surface area is 172 Å². The molecule has 6 nitrogen and oxygen atoms in total. The minimum atomic E-state index is -3.66. The summed E-state index contributed by atoms with van der Waals surface area (Å²) in [5.74, 6) is 0.134. The topological polar surface area (TPSA) is 75.7 Å². The number of amides is 1. The average Bonchev–Trinajstić information content (AvgIpc) is 2.70. The second kappa shape index (κ2) is 8.55. The SMILES string of the molecule is COc1ccc(S(=O)(=O)N2CCC[C@@H](C(=O)Nc3ccc(C)cc3C)C2)cc1C. The molecule has 0 saturated carbocycles. The fraction of sp³-hybridized carbons (Fsp3) is 0.409. The van der Waals surface area contributed by atoms with Gasteiger partial charge < -0.3 is 10.1 Å². The van der Waals surface area contributed by atoms with Crippen LogP contribution in [-0.2, 0) is 14.8 Å². The van der Waals surface area contributed by atoms with Crippen molar-refractivity contribution in [2.75, 3.05) is 25.5 Å². The Balaban J connectivity index is 1.75. The van der Waals surface area contributed by atoms with E-state index >= 15 is 0 Å². The standard InChI is InChI=1S/C22H28N2O4S/c1-15-7-9-20(16(2)12-15)23-22(25)18-6-5-11-24(14-18)29(26,27)19-8-10-21(28-4)17(3)13-19/h7-10,12-13,18H,5-6,11,14H2,1-4H3,(H,23,25)/t18-/m1/s1. The van der Waals surface area contributed by atoms with Gasteiger partial charge in [0.2, 0.25) is 15.9 Å². The van der Waals surface area contributed by atoms with Gasteiger partial charge in [-0.15, -0.1) is 0 Å². The first-order valence-electron chi connectivity index (χ1n) is 9.75. The Morgan fingerprint density at radius 2 is 1.86 bits per heavy atom. The molecule has 1 saturated heterocycles. The molecule has 0 spiro atoms. The number of hydrogen-bond acceptors (Lipinski definition) is 4. The summed E-state index contributed by atoms with van der Waals surface area (Å²) in [6.45, 7) is 6.37. The van der Waals surface area contributed by atoms with Crippen molar-refractivity contribution in [1.82, 2.24) is 4.31 Å². The molecule has 156 valence electrons. The normalized spacial score (nSPS) is 17.7. The van der Waals surface area contributed by atoms with E-state index in [2.05, 4.69) is 5.32 Å². The van der Waals surface area contributed by atoms with E-state index in [0.717, 1.165) is 22.4 Å². The summed E-state index contributed by atoms with van der Waals surface area (Å²) in [4.78, 5) is 13.0. The van der Waals surface area contributed by atoms with Crippen LogP contribution < -0.4 is 10.1 Å². The van der Waals surface area contributed by atoms with Gasteiger partial charge in [0.05, 0.1) is 17.9 Å². The van der Waals surface area contributed by atoms with Crippen LogP contribution in [0.3, 0.4) is 0 Å². The van der Waals surface area contributed by atoms with Crippen LogP contribution in [0.15, 0.2) is 41.3 Å². The van der Waals surface area contributed by atoms with Crippen molar-refractivity contribution in [2.24, 2.45) is 5.92 Å². The number of hydrogen-bond donors (Lipinski definition) is 1. The van der Waals surface area contributed by atoms with Gasteiger partial charge in [-0.2, -0.15) is 4.31 Å². The predicted octanol–water partition coefficient (Wildman–Crippen LogP) is 3.66. The molecule has 1 fully saturated rings. The molecule has 0 radical (unpaired) electrons. The van der Waals surface area contributed by atoms with Crippen LogP contribution in [0.4, 0.5) is 5.69 Å². The zero-order valence-electron chi connectivity index (χ0n) is 17.4. The third-order valence-corrected chi connectivity index (χ3v) is 7.26. The van der Waals surface area contributed by atoms with Crippen molar-refractivity contribution in [3.8, 4) is 5.75 Å². The van der Waals surface area contributed by atoms with Gasteiger partial charge >= 0.3 is 0 Å². The minimum absolute atomic E-state index is 0.136. The number of methoxy groups -OCH3 is 1. The molecule has 0 unspecified atom stereocenters. The molecule has 1 heterocycles. The van der Waals surface area contributed by atoms with Crippen molar-refractivity contribution < 1.29 is 17.9 Å². The Kier molecular flexibility index (Phi) is 6.29. The number of sulfonamides is 1. The number of carbonyl (C=O) groups excluding carboxylic acids is 1. The maximum Gasteiger partial charge on any atom is 0.243 e. The van der Waals surface area contributed by atoms with Gasteiger partial charge in [0.15, 0.2) is 0 Å². The lowest BCUT2D eigenvalue weighted by molar-refractivity contribution is -0.120. The molecule has 1 N–H and O–H groups in total. The average molecular weight is 417 g/mol. The quantitative estimate of drug-likeness (QED) is 0.807. The molecular formula is C22H28N2O4S. The van der Waals surface area contributed by atoms with Crippen molar-refractivity contribution in [1.29, 1.82) is 0 Å². The highest BCUT2D eigenvalue weighted by Crippen LogP contribution is 2.28. The van der Waals surface area contributed by atoms with Crippen LogP contribution in [0.5, 0.6) is 5.75 Å². The van der Waals surface area contributed by atoms with Crippen molar-refractivity contribution >= 4 is 21.6 Å². The van der Waals surface area contributed by atoms with Crippen LogP contribution >= 0.6 is 0 Å². The molecule has 0 aliphatic carbocycles. The monoisotopic (exact) mass is 416 g/mol. The fourth-order valence-electron chi connectivity index (χ4n) is 3.72. The van der Waals surface area contributed by atoms with Gasteiger partial charge in [0.25, 0.3) is 0 Å². The van der Waals surface area contributed by atoms with Crippen LogP contribution in [0, 0.1) is 26.7 Å². The fourth-order valence-corrected chi connectivity index (χ4v) is 5.33. The number of nitrogens with one attached hydrogen (secondary N) is 1. The summed E-state index contributed by atoms with van der Waals surface area (Å²) in [5.41, 5.74) is 3.65. The molecular weight excluding hydrogens is 388 g/mol. The number of benzene rings is 2. The van der Waals surface area contributed by atoms with Gasteiger partial charge in [0.1, 0.15) is 5.75 Å². The van der Waals surface area contributed by atoms with E-state index in [4.69, 9.17) is 4.74 Å². The van der Waals surface area contributed by atoms with Gasteiger partial charge in [-0.1, -0.05) is 17.7 Å². The number of carbonyl (C=O) groups is 1. The van der Waals surface area contributed by atoms with Crippen LogP contribution in [-0.4, -0.2) is 38.8 Å². The first kappa shape index (κ1) is 21.3. The zero-order chi connectivity index (χ0) is 21.2. The van der Waals surface area contributed by atoms with Crippen LogP contribution in [0.1, 0.15) is 29.5 Å². The molecule has 29 heavy (non-hydrogen) atoms. The summed E-state index contributed by atoms with van der Waals surface area (Å²) < 4.78 is 32.9. The van der Waals surface area contributed by atoms with E-state index in [1.165, 1.54) is 4.31 Å². The van der Waals surface area contributed by atoms with E-state index < -0.39 is 10.0 Å². The first-order chi connectivity index (χ1) is 13.7. The number of aryl methyl sites for hydroxylation is 3. The summed E-state index contributed by atoms with van der Waals surface area (Å²) in [5, 5.41) is 2.97. The summed E-state index contributed by atoms with van der Waals surface area (Å²) in [6.07, 6.45) is 1.32. The third-order valence-electron chi connectivity index (χ3n) is 5.40. The maximum absolute atomic E-state index is 13.1. The highest BCUT2D eigenvalue weighted by molar-refractivity contribution is 7.89. The van der Waals surface area contributed by atoms with Crippen molar-refractivity contribution in [3.05, 3.63) is 53.1 Å². The molecule has 2 aromatic rings. The molecule has 1 aliphatic rings. The number of piperidine rings is 1. The van der Waals surface area contributed by atoms with E-state index in [1.54, 1.807) is 25.3 Å². The van der Waals surface area contributed by atoms with Gasteiger partial charge in [-0.05, 0) is 69.0 Å². The van der Waals surface area contributed by atoms with Gasteiger partial charge in [-0.3, -0.25) is 4.79 Å². The van der Waals surface area contributed by atoms with E-state index in [0.29, 0.717) is 25.1 Å². The van der Waals surface area contributed by atoms with Gasteiger partial charge in [0, 0.05) is 18.8 Å². The molecule has 1 aliphatic heterocycles. The largest absolute Gasteiger partial charge is 0.496 e. The van der Waals surface area contributed by atoms with Gasteiger partial charge in [-0.25, -0.2) is 8.42 Å². The molecule has 1 amide bonds. The Hall–Kier alpha value is -2.38. The second-order valence-electron chi connectivity index (χ2n) is 7.64. The highest BCUT2D eigenvalue weighted by Gasteiger charge is 2.33.